The summed E-state index contributed by atoms with van der Waals surface area (Å²) in [5.74, 6) is 6.40. The minimum Gasteiger partial charge on any atom is -0.338 e. The van der Waals surface area contributed by atoms with E-state index >= 15 is 0 Å². The normalized spacial score (nSPS) is 15.8. The van der Waals surface area contributed by atoms with Crippen molar-refractivity contribution in [2.45, 2.75) is 38.1 Å². The zero-order valence-corrected chi connectivity index (χ0v) is 11.0. The predicted molar refractivity (Wildman–Crippen MR) is 76.8 cm³/mol. The highest BCUT2D eigenvalue weighted by molar-refractivity contribution is 5.37. The Kier molecular flexibility index (Phi) is 3.65. The van der Waals surface area contributed by atoms with Crippen LogP contribution >= 0.6 is 0 Å². The molecule has 0 atom stereocenters. The molecule has 1 aliphatic carbocycles. The number of hydrogen-bond acceptors (Lipinski definition) is 1. The van der Waals surface area contributed by atoms with Crippen LogP contribution in [0.25, 0.3) is 0 Å². The zero-order valence-electron chi connectivity index (χ0n) is 11.0. The van der Waals surface area contributed by atoms with Crippen molar-refractivity contribution < 1.29 is 0 Å². The molecule has 0 N–H and O–H groups in total. The first-order valence-electron chi connectivity index (χ1n) is 7.03. The summed E-state index contributed by atoms with van der Waals surface area (Å²) in [5.41, 5.74) is 1.94. The molecule has 0 radical (unpaired) electrons. The minimum atomic E-state index is 0.636. The van der Waals surface area contributed by atoms with E-state index in [0.717, 1.165) is 11.4 Å². The van der Waals surface area contributed by atoms with Crippen LogP contribution in [-0.2, 0) is 0 Å². The molecule has 2 heteroatoms. The summed E-state index contributed by atoms with van der Waals surface area (Å²) in [6, 6.07) is 10.7. The second-order valence-electron chi connectivity index (χ2n) is 5.06. The fourth-order valence-corrected chi connectivity index (χ4v) is 2.74. The Bertz CT molecular complexity index is 580. The van der Waals surface area contributed by atoms with Gasteiger partial charge in [0.2, 0.25) is 0 Å². The van der Waals surface area contributed by atoms with Gasteiger partial charge < -0.3 is 4.57 Å². The number of hydrogen-bond donors (Lipinski definition) is 0. The van der Waals surface area contributed by atoms with Gasteiger partial charge in [-0.3, -0.25) is 0 Å². The molecule has 1 saturated carbocycles. The zero-order chi connectivity index (χ0) is 12.9. The van der Waals surface area contributed by atoms with Gasteiger partial charge in [0.15, 0.2) is 0 Å². The molecule has 1 fully saturated rings. The molecule has 1 aliphatic rings. The Morgan fingerprint density at radius 3 is 2.68 bits per heavy atom. The van der Waals surface area contributed by atoms with Crippen LogP contribution in [0.5, 0.6) is 0 Å². The summed E-state index contributed by atoms with van der Waals surface area (Å²) in [7, 11) is 0. The maximum Gasteiger partial charge on any atom is 0.113 e. The molecule has 19 heavy (non-hydrogen) atoms. The van der Waals surface area contributed by atoms with E-state index in [9.17, 15) is 0 Å². The van der Waals surface area contributed by atoms with Gasteiger partial charge in [-0.25, -0.2) is 4.98 Å². The van der Waals surface area contributed by atoms with Crippen molar-refractivity contribution in [1.29, 1.82) is 0 Å². The average molecular weight is 250 g/mol. The summed E-state index contributed by atoms with van der Waals surface area (Å²) >= 11 is 0. The third-order valence-electron chi connectivity index (χ3n) is 3.73. The second-order valence-corrected chi connectivity index (χ2v) is 5.06. The van der Waals surface area contributed by atoms with Crippen LogP contribution in [0.15, 0.2) is 42.7 Å². The molecule has 2 heterocycles. The van der Waals surface area contributed by atoms with Crippen LogP contribution in [-0.4, -0.2) is 9.55 Å². The maximum absolute atomic E-state index is 4.24. The van der Waals surface area contributed by atoms with E-state index in [4.69, 9.17) is 0 Å². The van der Waals surface area contributed by atoms with Crippen molar-refractivity contribution in [3.8, 4) is 11.8 Å². The standard InChI is InChI=1S/C17H18N2/c1-2-8-16(9-3-1)19-14-6-10-17(19)12-11-15-7-4-5-13-18-15/h4-7,10,13-14,16H,1-3,8-9H2. The topological polar surface area (TPSA) is 17.8 Å². The summed E-state index contributed by atoms with van der Waals surface area (Å²) < 4.78 is 2.34. The highest BCUT2D eigenvalue weighted by Gasteiger charge is 2.15. The first-order chi connectivity index (χ1) is 9.43. The SMILES string of the molecule is C(#Cc1cccn1C1CCCCC1)c1ccccn1. The molecular weight excluding hydrogens is 232 g/mol. The van der Waals surface area contributed by atoms with Gasteiger partial charge in [0.1, 0.15) is 5.69 Å². The quantitative estimate of drug-likeness (QED) is 0.704. The molecule has 0 saturated heterocycles. The highest BCUT2D eigenvalue weighted by atomic mass is 15.0. The fourth-order valence-electron chi connectivity index (χ4n) is 2.74. The third-order valence-corrected chi connectivity index (χ3v) is 3.73. The molecule has 2 aromatic heterocycles. The lowest BCUT2D eigenvalue weighted by Crippen LogP contribution is -2.13. The summed E-state index contributed by atoms with van der Waals surface area (Å²) in [4.78, 5) is 4.24. The molecule has 2 nitrogen and oxygen atoms in total. The van der Waals surface area contributed by atoms with Crippen LogP contribution in [0.4, 0.5) is 0 Å². The molecule has 0 bridgehead atoms. The summed E-state index contributed by atoms with van der Waals surface area (Å²) in [6.07, 6.45) is 10.6. The molecule has 0 spiro atoms. The van der Waals surface area contributed by atoms with Crippen molar-refractivity contribution in [2.24, 2.45) is 0 Å². The number of nitrogens with zero attached hydrogens (tertiary/aromatic N) is 2. The first kappa shape index (κ1) is 12.0. The van der Waals surface area contributed by atoms with Crippen molar-refractivity contribution in [3.05, 3.63) is 54.1 Å². The Balaban J connectivity index is 1.82. The van der Waals surface area contributed by atoms with Gasteiger partial charge >= 0.3 is 0 Å². The van der Waals surface area contributed by atoms with Gasteiger partial charge in [0.05, 0.1) is 5.69 Å². The molecule has 0 aliphatic heterocycles. The Morgan fingerprint density at radius 2 is 1.89 bits per heavy atom. The van der Waals surface area contributed by atoms with Crippen molar-refractivity contribution in [1.82, 2.24) is 9.55 Å². The molecule has 3 rings (SSSR count). The van der Waals surface area contributed by atoms with E-state index in [1.54, 1.807) is 6.20 Å². The van der Waals surface area contributed by atoms with Crippen molar-refractivity contribution >= 4 is 0 Å². The number of aromatic nitrogens is 2. The lowest BCUT2D eigenvalue weighted by molar-refractivity contribution is 0.352. The second kappa shape index (κ2) is 5.75. The van der Waals surface area contributed by atoms with Crippen LogP contribution in [0, 0.1) is 11.8 Å². The molecule has 2 aromatic rings. The number of rotatable bonds is 1. The predicted octanol–water partition coefficient (Wildman–Crippen LogP) is 3.79. The van der Waals surface area contributed by atoms with Crippen LogP contribution in [0.1, 0.15) is 49.5 Å². The van der Waals surface area contributed by atoms with E-state index < -0.39 is 0 Å². The average Bonchev–Trinajstić information content (AvgIpc) is 2.95. The molecule has 0 amide bonds. The van der Waals surface area contributed by atoms with E-state index in [1.807, 2.05) is 18.2 Å². The smallest absolute Gasteiger partial charge is 0.113 e. The fraction of sp³-hybridized carbons (Fsp3) is 0.353. The Labute approximate surface area is 114 Å². The van der Waals surface area contributed by atoms with Gasteiger partial charge in [0, 0.05) is 18.4 Å². The van der Waals surface area contributed by atoms with Gasteiger partial charge in [-0.1, -0.05) is 25.3 Å². The molecule has 0 aromatic carbocycles. The van der Waals surface area contributed by atoms with Crippen LogP contribution in [0.2, 0.25) is 0 Å². The molecular formula is C17H18N2. The van der Waals surface area contributed by atoms with Gasteiger partial charge in [-0.2, -0.15) is 0 Å². The van der Waals surface area contributed by atoms with E-state index in [-0.39, 0.29) is 0 Å². The third kappa shape index (κ3) is 2.88. The van der Waals surface area contributed by atoms with Crippen molar-refractivity contribution in [3.63, 3.8) is 0 Å². The Morgan fingerprint density at radius 1 is 1.00 bits per heavy atom. The minimum absolute atomic E-state index is 0.636. The molecule has 96 valence electrons. The Hall–Kier alpha value is -2.01. The van der Waals surface area contributed by atoms with Crippen molar-refractivity contribution in [2.75, 3.05) is 0 Å². The van der Waals surface area contributed by atoms with E-state index in [2.05, 4.69) is 39.7 Å². The maximum atomic E-state index is 4.24. The van der Waals surface area contributed by atoms with Gasteiger partial charge in [-0.05, 0) is 48.9 Å². The summed E-state index contributed by atoms with van der Waals surface area (Å²) in [5, 5.41) is 0. The lowest BCUT2D eigenvalue weighted by atomic mass is 9.95. The van der Waals surface area contributed by atoms with Crippen LogP contribution in [0.3, 0.4) is 0 Å². The largest absolute Gasteiger partial charge is 0.338 e. The van der Waals surface area contributed by atoms with E-state index in [0.29, 0.717) is 6.04 Å². The van der Waals surface area contributed by atoms with Gasteiger partial charge in [0.25, 0.3) is 0 Å². The first-order valence-corrected chi connectivity index (χ1v) is 7.03. The summed E-state index contributed by atoms with van der Waals surface area (Å²) in [6.45, 7) is 0. The lowest BCUT2D eigenvalue weighted by Gasteiger charge is -2.24. The highest BCUT2D eigenvalue weighted by Crippen LogP contribution is 2.29. The number of pyridine rings is 1. The van der Waals surface area contributed by atoms with Gasteiger partial charge in [-0.15, -0.1) is 0 Å². The van der Waals surface area contributed by atoms with E-state index in [1.165, 1.54) is 32.1 Å². The molecule has 0 unspecified atom stereocenters. The monoisotopic (exact) mass is 250 g/mol. The van der Waals surface area contributed by atoms with Crippen LogP contribution < -0.4 is 0 Å².